The molecule has 2 aromatic heterocycles. The maximum Gasteiger partial charge on any atom is 0.313 e. The Morgan fingerprint density at radius 1 is 1.39 bits per heavy atom. The van der Waals surface area contributed by atoms with Crippen molar-refractivity contribution in [2.45, 2.75) is 49.6 Å². The third-order valence-electron chi connectivity index (χ3n) is 3.46. The minimum atomic E-state index is -0.836. The van der Waals surface area contributed by atoms with Crippen LogP contribution in [0.1, 0.15) is 31.2 Å². The highest BCUT2D eigenvalue weighted by molar-refractivity contribution is 8.00. The number of carboxylic acid groups (broad SMARTS) is 1. The largest absolute Gasteiger partial charge is 0.481 e. The van der Waals surface area contributed by atoms with Gasteiger partial charge < -0.3 is 9.84 Å². The molecule has 0 bridgehead atoms. The molecule has 0 unspecified atom stereocenters. The molecular formula is C15H18N2O3S3. The molecule has 8 heteroatoms. The lowest BCUT2D eigenvalue weighted by molar-refractivity contribution is -0.133. The van der Waals surface area contributed by atoms with Crippen molar-refractivity contribution in [3.8, 4) is 0 Å². The van der Waals surface area contributed by atoms with Gasteiger partial charge in [0.25, 0.3) is 0 Å². The van der Waals surface area contributed by atoms with Crippen LogP contribution in [0, 0.1) is 0 Å². The Bertz CT molecular complexity index is 758. The molecule has 0 aromatic carbocycles. The number of hydrogen-bond acceptors (Lipinski definition) is 7. The Hall–Kier alpha value is -0.830. The quantitative estimate of drug-likeness (QED) is 0.487. The number of fused-ring (bicyclic) bond motifs is 3. The highest BCUT2D eigenvalue weighted by Crippen LogP contribution is 2.41. The van der Waals surface area contributed by atoms with Gasteiger partial charge in [0.15, 0.2) is 5.16 Å². The zero-order valence-corrected chi connectivity index (χ0v) is 15.7. The fourth-order valence-corrected chi connectivity index (χ4v) is 5.35. The number of nitrogens with zero attached hydrogens (tertiary/aromatic N) is 2. The molecule has 124 valence electrons. The van der Waals surface area contributed by atoms with Crippen LogP contribution in [0.15, 0.2) is 10.2 Å². The van der Waals surface area contributed by atoms with Gasteiger partial charge in [-0.05, 0) is 19.6 Å². The molecular weight excluding hydrogens is 352 g/mol. The first-order valence-corrected chi connectivity index (χ1v) is 10.1. The summed E-state index contributed by atoms with van der Waals surface area (Å²) >= 11 is 4.52. The van der Waals surface area contributed by atoms with Crippen molar-refractivity contribution >= 4 is 51.0 Å². The maximum atomic E-state index is 10.9. The second-order valence-electron chi connectivity index (χ2n) is 5.83. The second kappa shape index (κ2) is 6.58. The second-order valence-corrected chi connectivity index (χ2v) is 9.13. The van der Waals surface area contributed by atoms with E-state index < -0.39 is 5.97 Å². The standard InChI is InChI=1S/C15H18N2O3S3/c1-4-21-14-16-11-8-6-20-15(2,3)5-9(8)23-12(11)13(17-14)22-7-10(18)19/h4-7H2,1-3H3,(H,18,19). The maximum absolute atomic E-state index is 10.9. The van der Waals surface area contributed by atoms with E-state index in [1.807, 2.05) is 0 Å². The Labute approximate surface area is 147 Å². The minimum Gasteiger partial charge on any atom is -0.481 e. The van der Waals surface area contributed by atoms with E-state index in [-0.39, 0.29) is 11.4 Å². The molecule has 0 saturated carbocycles. The summed E-state index contributed by atoms with van der Waals surface area (Å²) in [5, 5.41) is 10.4. The Morgan fingerprint density at radius 3 is 2.87 bits per heavy atom. The molecule has 1 N–H and O–H groups in total. The topological polar surface area (TPSA) is 72.3 Å². The first-order chi connectivity index (χ1) is 10.9. The first kappa shape index (κ1) is 17.0. The molecule has 3 heterocycles. The molecule has 0 spiro atoms. The van der Waals surface area contributed by atoms with E-state index in [9.17, 15) is 4.79 Å². The van der Waals surface area contributed by atoms with Crippen LogP contribution in [0.5, 0.6) is 0 Å². The lowest BCUT2D eigenvalue weighted by Crippen LogP contribution is -2.30. The number of rotatable bonds is 5. The summed E-state index contributed by atoms with van der Waals surface area (Å²) in [5.74, 6) is 0.0503. The average Bonchev–Trinajstić information content (AvgIpc) is 2.81. The highest BCUT2D eigenvalue weighted by atomic mass is 32.2. The fourth-order valence-electron chi connectivity index (χ4n) is 2.44. The van der Waals surface area contributed by atoms with Crippen molar-refractivity contribution in [1.82, 2.24) is 9.97 Å². The van der Waals surface area contributed by atoms with Crippen LogP contribution in [-0.4, -0.2) is 38.2 Å². The van der Waals surface area contributed by atoms with Gasteiger partial charge in [-0.1, -0.05) is 30.4 Å². The summed E-state index contributed by atoms with van der Waals surface area (Å²) in [6, 6.07) is 0. The van der Waals surface area contributed by atoms with Gasteiger partial charge in [-0.3, -0.25) is 4.79 Å². The number of carbonyl (C=O) groups is 1. The van der Waals surface area contributed by atoms with Crippen LogP contribution < -0.4 is 0 Å². The van der Waals surface area contributed by atoms with Crippen molar-refractivity contribution in [3.05, 3.63) is 10.4 Å². The Kier molecular flexibility index (Phi) is 4.87. The number of hydrogen-bond donors (Lipinski definition) is 1. The van der Waals surface area contributed by atoms with E-state index in [0.29, 0.717) is 11.8 Å². The van der Waals surface area contributed by atoms with Gasteiger partial charge in [-0.15, -0.1) is 11.3 Å². The van der Waals surface area contributed by atoms with E-state index in [2.05, 4.69) is 25.8 Å². The van der Waals surface area contributed by atoms with Crippen molar-refractivity contribution in [2.24, 2.45) is 0 Å². The van der Waals surface area contributed by atoms with Gasteiger partial charge in [0.05, 0.1) is 28.2 Å². The number of ether oxygens (including phenoxy) is 1. The third kappa shape index (κ3) is 3.65. The summed E-state index contributed by atoms with van der Waals surface area (Å²) in [4.78, 5) is 21.5. The van der Waals surface area contributed by atoms with Crippen LogP contribution in [0.25, 0.3) is 10.2 Å². The number of thioether (sulfide) groups is 2. The molecule has 5 nitrogen and oxygen atoms in total. The highest BCUT2D eigenvalue weighted by Gasteiger charge is 2.30. The van der Waals surface area contributed by atoms with E-state index in [4.69, 9.17) is 14.8 Å². The van der Waals surface area contributed by atoms with Crippen LogP contribution in [0.3, 0.4) is 0 Å². The SMILES string of the molecule is CCSc1nc(SCC(=O)O)c2sc3c(c2n1)COC(C)(C)C3. The van der Waals surface area contributed by atoms with E-state index in [0.717, 1.165) is 33.0 Å². The monoisotopic (exact) mass is 370 g/mol. The van der Waals surface area contributed by atoms with Crippen LogP contribution in [-0.2, 0) is 22.6 Å². The van der Waals surface area contributed by atoms with Crippen LogP contribution >= 0.6 is 34.9 Å². The first-order valence-electron chi connectivity index (χ1n) is 7.33. The van der Waals surface area contributed by atoms with Crippen molar-refractivity contribution in [3.63, 3.8) is 0 Å². The lowest BCUT2D eigenvalue weighted by atomic mass is 9.98. The summed E-state index contributed by atoms with van der Waals surface area (Å²) < 4.78 is 6.92. The van der Waals surface area contributed by atoms with E-state index >= 15 is 0 Å². The molecule has 0 amide bonds. The summed E-state index contributed by atoms with van der Waals surface area (Å²) in [7, 11) is 0. The molecule has 1 aliphatic heterocycles. The third-order valence-corrected chi connectivity index (χ3v) is 6.51. The predicted octanol–water partition coefficient (Wildman–Crippen LogP) is 3.83. The van der Waals surface area contributed by atoms with Crippen molar-refractivity contribution in [1.29, 1.82) is 0 Å². The molecule has 0 radical (unpaired) electrons. The zero-order chi connectivity index (χ0) is 16.6. The molecule has 1 aliphatic rings. The van der Waals surface area contributed by atoms with Gasteiger partial charge in [0.2, 0.25) is 0 Å². The summed E-state index contributed by atoms with van der Waals surface area (Å²) in [6.07, 6.45) is 0.850. The minimum absolute atomic E-state index is 0.00685. The Morgan fingerprint density at radius 2 is 2.17 bits per heavy atom. The molecule has 0 atom stereocenters. The number of aliphatic carboxylic acids is 1. The Balaban J connectivity index is 2.09. The van der Waals surface area contributed by atoms with Crippen molar-refractivity contribution < 1.29 is 14.6 Å². The van der Waals surface area contributed by atoms with Crippen molar-refractivity contribution in [2.75, 3.05) is 11.5 Å². The number of thiophene rings is 1. The normalized spacial score (nSPS) is 16.5. The molecule has 2 aromatic rings. The van der Waals surface area contributed by atoms with Crippen LogP contribution in [0.2, 0.25) is 0 Å². The van der Waals surface area contributed by atoms with Gasteiger partial charge >= 0.3 is 5.97 Å². The smallest absolute Gasteiger partial charge is 0.313 e. The zero-order valence-electron chi connectivity index (χ0n) is 13.2. The molecule has 0 saturated heterocycles. The molecule has 23 heavy (non-hydrogen) atoms. The van der Waals surface area contributed by atoms with Gasteiger partial charge in [0, 0.05) is 16.9 Å². The summed E-state index contributed by atoms with van der Waals surface area (Å²) in [6.45, 7) is 6.78. The number of aromatic nitrogens is 2. The summed E-state index contributed by atoms with van der Waals surface area (Å²) in [5.41, 5.74) is 1.90. The van der Waals surface area contributed by atoms with E-state index in [1.54, 1.807) is 23.1 Å². The fraction of sp³-hybridized carbons (Fsp3) is 0.533. The van der Waals surface area contributed by atoms with Gasteiger partial charge in [-0.25, -0.2) is 9.97 Å². The average molecular weight is 371 g/mol. The molecule has 0 fully saturated rings. The van der Waals surface area contributed by atoms with Crippen LogP contribution in [0.4, 0.5) is 0 Å². The molecule has 3 rings (SSSR count). The molecule has 0 aliphatic carbocycles. The van der Waals surface area contributed by atoms with E-state index in [1.165, 1.54) is 16.6 Å². The predicted molar refractivity (Wildman–Crippen MR) is 94.7 cm³/mol. The number of carboxylic acids is 1. The van der Waals surface area contributed by atoms with Gasteiger partial charge in [0.1, 0.15) is 5.03 Å². The lowest BCUT2D eigenvalue weighted by Gasteiger charge is -2.29. The van der Waals surface area contributed by atoms with Gasteiger partial charge in [-0.2, -0.15) is 0 Å².